The number of ketones is 1. The number of likely N-dealkylation sites (tertiary alicyclic amines) is 1. The zero-order valence-corrected chi connectivity index (χ0v) is 13.5. The Morgan fingerprint density at radius 3 is 2.64 bits per heavy atom. The van der Waals surface area contributed by atoms with Gasteiger partial charge in [0.25, 0.3) is 0 Å². The van der Waals surface area contributed by atoms with Crippen LogP contribution in [0.2, 0.25) is 0 Å². The molecule has 3 rings (SSSR count). The molecule has 0 saturated carbocycles. The second kappa shape index (κ2) is 6.51. The third-order valence-corrected chi connectivity index (χ3v) is 5.03. The molecule has 3 atom stereocenters. The van der Waals surface area contributed by atoms with E-state index in [9.17, 15) is 23.2 Å². The van der Waals surface area contributed by atoms with Gasteiger partial charge < -0.3 is 16.4 Å². The highest BCUT2D eigenvalue weighted by atomic mass is 19.2. The Bertz CT molecular complexity index is 753. The molecular weight excluding hydrogens is 332 g/mol. The first-order valence-electron chi connectivity index (χ1n) is 8.11. The standard InChI is InChI=1S/C17H19F2N3O3/c18-12-3-8-1-2-10(11(8)5-13(12)19)14(20)6-16(24)22-7-9(23)4-15(22)17(21)25/h3,5,10,14-15H,1-2,4,6-7,20H2,(H2,21,25)/t10-,14-,15-/m0/s1. The molecule has 1 saturated heterocycles. The number of hydrogen-bond donors (Lipinski definition) is 2. The highest BCUT2D eigenvalue weighted by Gasteiger charge is 2.39. The summed E-state index contributed by atoms with van der Waals surface area (Å²) in [6, 6.07) is 0.747. The first kappa shape index (κ1) is 17.5. The number of halogens is 2. The van der Waals surface area contributed by atoms with Gasteiger partial charge in [0, 0.05) is 24.8 Å². The van der Waals surface area contributed by atoms with Crippen LogP contribution in [0.25, 0.3) is 0 Å². The lowest BCUT2D eigenvalue weighted by molar-refractivity contribution is -0.138. The van der Waals surface area contributed by atoms with Crippen LogP contribution in [0, 0.1) is 11.6 Å². The second-order valence-electron chi connectivity index (χ2n) is 6.66. The molecule has 0 unspecified atom stereocenters. The predicted molar refractivity (Wildman–Crippen MR) is 84.3 cm³/mol. The maximum absolute atomic E-state index is 13.5. The van der Waals surface area contributed by atoms with Gasteiger partial charge in [-0.3, -0.25) is 14.4 Å². The van der Waals surface area contributed by atoms with Crippen molar-refractivity contribution < 1.29 is 23.2 Å². The number of nitrogens with zero attached hydrogens (tertiary/aromatic N) is 1. The Hall–Kier alpha value is -2.35. The van der Waals surface area contributed by atoms with E-state index in [1.807, 2.05) is 0 Å². The van der Waals surface area contributed by atoms with Crippen molar-refractivity contribution in [1.82, 2.24) is 4.90 Å². The first-order valence-corrected chi connectivity index (χ1v) is 8.11. The van der Waals surface area contributed by atoms with Gasteiger partial charge in [0.1, 0.15) is 6.04 Å². The molecule has 6 nitrogen and oxygen atoms in total. The van der Waals surface area contributed by atoms with Gasteiger partial charge in [-0.15, -0.1) is 0 Å². The molecule has 0 radical (unpaired) electrons. The van der Waals surface area contributed by atoms with Gasteiger partial charge in [0.2, 0.25) is 11.8 Å². The highest BCUT2D eigenvalue weighted by molar-refractivity contribution is 5.98. The van der Waals surface area contributed by atoms with Gasteiger partial charge in [-0.1, -0.05) is 0 Å². The summed E-state index contributed by atoms with van der Waals surface area (Å²) in [6.07, 6.45) is 0.975. The van der Waals surface area contributed by atoms with Crippen LogP contribution in [-0.2, 0) is 20.8 Å². The van der Waals surface area contributed by atoms with Crippen LogP contribution >= 0.6 is 0 Å². The molecule has 1 aliphatic carbocycles. The smallest absolute Gasteiger partial charge is 0.240 e. The molecule has 0 spiro atoms. The average Bonchev–Trinajstić information content (AvgIpc) is 3.11. The van der Waals surface area contributed by atoms with Gasteiger partial charge in [0.05, 0.1) is 6.54 Å². The number of fused-ring (bicyclic) bond motifs is 1. The third kappa shape index (κ3) is 3.26. The Labute approximate surface area is 143 Å². The quantitative estimate of drug-likeness (QED) is 0.817. The molecule has 1 aromatic rings. The molecule has 1 fully saturated rings. The number of carbonyl (C=O) groups is 3. The van der Waals surface area contributed by atoms with Crippen molar-refractivity contribution >= 4 is 17.6 Å². The van der Waals surface area contributed by atoms with Crippen molar-refractivity contribution in [1.29, 1.82) is 0 Å². The Morgan fingerprint density at radius 2 is 1.96 bits per heavy atom. The summed E-state index contributed by atoms with van der Waals surface area (Å²) in [7, 11) is 0. The number of carbonyl (C=O) groups excluding carboxylic acids is 3. The summed E-state index contributed by atoms with van der Waals surface area (Å²) in [5.74, 6) is -3.50. The minimum absolute atomic E-state index is 0.0763. The number of amides is 2. The van der Waals surface area contributed by atoms with E-state index in [0.29, 0.717) is 24.0 Å². The molecule has 1 heterocycles. The molecule has 4 N–H and O–H groups in total. The van der Waals surface area contributed by atoms with E-state index in [0.717, 1.165) is 11.0 Å². The number of hydrogen-bond acceptors (Lipinski definition) is 4. The monoisotopic (exact) mass is 351 g/mol. The first-order chi connectivity index (χ1) is 11.8. The molecule has 8 heteroatoms. The lowest BCUT2D eigenvalue weighted by atomic mass is 9.91. The molecule has 1 aliphatic heterocycles. The van der Waals surface area contributed by atoms with Crippen LogP contribution in [-0.4, -0.2) is 41.1 Å². The fraction of sp³-hybridized carbons (Fsp3) is 0.471. The molecule has 0 aromatic heterocycles. The summed E-state index contributed by atoms with van der Waals surface area (Å²) in [4.78, 5) is 36.6. The van der Waals surface area contributed by atoms with Crippen molar-refractivity contribution in [2.24, 2.45) is 11.5 Å². The molecule has 2 amide bonds. The Morgan fingerprint density at radius 1 is 1.28 bits per heavy atom. The van der Waals surface area contributed by atoms with Gasteiger partial charge in [-0.25, -0.2) is 8.78 Å². The highest BCUT2D eigenvalue weighted by Crippen LogP contribution is 2.37. The van der Waals surface area contributed by atoms with Crippen LogP contribution in [0.4, 0.5) is 8.78 Å². The molecule has 0 bridgehead atoms. The average molecular weight is 351 g/mol. The molecule has 25 heavy (non-hydrogen) atoms. The van der Waals surface area contributed by atoms with Crippen LogP contribution in [0.5, 0.6) is 0 Å². The van der Waals surface area contributed by atoms with Crippen LogP contribution in [0.3, 0.4) is 0 Å². The van der Waals surface area contributed by atoms with Crippen molar-refractivity contribution in [3.63, 3.8) is 0 Å². The summed E-state index contributed by atoms with van der Waals surface area (Å²) in [5, 5.41) is 0. The molecule has 134 valence electrons. The van der Waals surface area contributed by atoms with Gasteiger partial charge in [-0.05, 0) is 36.1 Å². The van der Waals surface area contributed by atoms with Crippen molar-refractivity contribution in [3.8, 4) is 0 Å². The topological polar surface area (TPSA) is 106 Å². The number of benzene rings is 1. The van der Waals surface area contributed by atoms with Crippen LogP contribution in [0.1, 0.15) is 36.3 Å². The number of Topliss-reactive ketones (excluding diaryl/α,β-unsaturated/α-hetero) is 1. The predicted octanol–water partition coefficient (Wildman–Crippen LogP) is 0.367. The summed E-state index contributed by atoms with van der Waals surface area (Å²) < 4.78 is 26.9. The van der Waals surface area contributed by atoms with Gasteiger partial charge >= 0.3 is 0 Å². The normalized spacial score (nSPS) is 23.6. The van der Waals surface area contributed by atoms with Crippen molar-refractivity contribution in [2.45, 2.75) is 43.7 Å². The van der Waals surface area contributed by atoms with E-state index in [2.05, 4.69) is 0 Å². The van der Waals surface area contributed by atoms with Crippen molar-refractivity contribution in [2.75, 3.05) is 6.54 Å². The number of nitrogens with two attached hydrogens (primary N) is 2. The molecule has 1 aromatic carbocycles. The molecule has 2 aliphatic rings. The maximum Gasteiger partial charge on any atom is 0.240 e. The zero-order valence-electron chi connectivity index (χ0n) is 13.5. The number of aryl methyl sites for hydroxylation is 1. The zero-order chi connectivity index (χ0) is 18.3. The van der Waals surface area contributed by atoms with E-state index < -0.39 is 35.5 Å². The lowest BCUT2D eigenvalue weighted by Gasteiger charge is -2.25. The van der Waals surface area contributed by atoms with Crippen LogP contribution < -0.4 is 11.5 Å². The minimum atomic E-state index is -0.942. The van der Waals surface area contributed by atoms with E-state index in [-0.39, 0.29) is 31.1 Å². The second-order valence-corrected chi connectivity index (χ2v) is 6.66. The van der Waals surface area contributed by atoms with Gasteiger partial charge in [0.15, 0.2) is 17.4 Å². The van der Waals surface area contributed by atoms with E-state index >= 15 is 0 Å². The fourth-order valence-electron chi connectivity index (χ4n) is 3.74. The Kier molecular flexibility index (Phi) is 4.55. The van der Waals surface area contributed by atoms with E-state index in [1.165, 1.54) is 6.07 Å². The fourth-order valence-corrected chi connectivity index (χ4v) is 3.74. The minimum Gasteiger partial charge on any atom is -0.368 e. The van der Waals surface area contributed by atoms with Gasteiger partial charge in [-0.2, -0.15) is 0 Å². The summed E-state index contributed by atoms with van der Waals surface area (Å²) in [5.41, 5.74) is 12.7. The molecular formula is C17H19F2N3O3. The lowest BCUT2D eigenvalue weighted by Crippen LogP contribution is -2.46. The SMILES string of the molecule is NC(=O)[C@@H]1CC(=O)CN1C(=O)C[C@H](N)[C@H]1CCc2cc(F)c(F)cc21. The number of primary amides is 1. The Balaban J connectivity index is 1.72. The largest absolute Gasteiger partial charge is 0.368 e. The van der Waals surface area contributed by atoms with Crippen molar-refractivity contribution in [3.05, 3.63) is 34.9 Å². The number of rotatable bonds is 4. The summed E-state index contributed by atoms with van der Waals surface area (Å²) >= 11 is 0. The third-order valence-electron chi connectivity index (χ3n) is 5.03. The van der Waals surface area contributed by atoms with E-state index in [4.69, 9.17) is 11.5 Å². The maximum atomic E-state index is 13.5. The van der Waals surface area contributed by atoms with E-state index in [1.54, 1.807) is 0 Å². The summed E-state index contributed by atoms with van der Waals surface area (Å²) in [6.45, 7) is -0.153. The van der Waals surface area contributed by atoms with Crippen LogP contribution in [0.15, 0.2) is 12.1 Å².